The molecule has 0 spiro atoms. The van der Waals surface area contributed by atoms with E-state index in [-0.39, 0.29) is 12.2 Å². The molecule has 0 bridgehead atoms. The van der Waals surface area contributed by atoms with Crippen molar-refractivity contribution in [3.8, 4) is 5.75 Å². The van der Waals surface area contributed by atoms with Crippen LogP contribution in [0.4, 0.5) is 26.3 Å². The van der Waals surface area contributed by atoms with Crippen LogP contribution in [0.25, 0.3) is 0 Å². The third-order valence-electron chi connectivity index (χ3n) is 2.23. The highest BCUT2D eigenvalue weighted by molar-refractivity contribution is 5.72. The monoisotopic (exact) mass is 316 g/mol. The Labute approximate surface area is 115 Å². The molecule has 0 saturated heterocycles. The Morgan fingerprint density at radius 1 is 1.14 bits per heavy atom. The maximum absolute atomic E-state index is 12.7. The van der Waals surface area contributed by atoms with Crippen LogP contribution in [0.1, 0.15) is 18.1 Å². The highest BCUT2D eigenvalue weighted by atomic mass is 19.4. The van der Waals surface area contributed by atoms with E-state index in [1.807, 2.05) is 0 Å². The molecule has 0 aliphatic carbocycles. The molecular weight excluding hydrogens is 306 g/mol. The minimum Gasteiger partial charge on any atom is -0.466 e. The van der Waals surface area contributed by atoms with Gasteiger partial charge in [0, 0.05) is 0 Å². The zero-order valence-electron chi connectivity index (χ0n) is 10.6. The van der Waals surface area contributed by atoms with Gasteiger partial charge in [0.25, 0.3) is 0 Å². The van der Waals surface area contributed by atoms with Gasteiger partial charge in [-0.15, -0.1) is 13.2 Å². The van der Waals surface area contributed by atoms with E-state index in [4.69, 9.17) is 0 Å². The summed E-state index contributed by atoms with van der Waals surface area (Å²) in [5, 5.41) is 0. The summed E-state index contributed by atoms with van der Waals surface area (Å²) >= 11 is 0. The second-order valence-electron chi connectivity index (χ2n) is 3.86. The van der Waals surface area contributed by atoms with Crippen molar-refractivity contribution in [1.82, 2.24) is 0 Å². The third-order valence-corrected chi connectivity index (χ3v) is 2.23. The van der Waals surface area contributed by atoms with Crippen molar-refractivity contribution in [1.29, 1.82) is 0 Å². The number of halogens is 6. The van der Waals surface area contributed by atoms with Crippen LogP contribution in [-0.4, -0.2) is 18.9 Å². The van der Waals surface area contributed by atoms with Crippen molar-refractivity contribution >= 4 is 5.97 Å². The molecule has 1 aromatic rings. The molecule has 0 aliphatic rings. The lowest BCUT2D eigenvalue weighted by atomic mass is 10.1. The molecule has 0 radical (unpaired) electrons. The largest absolute Gasteiger partial charge is 0.573 e. The first kappa shape index (κ1) is 17.1. The third kappa shape index (κ3) is 5.52. The fourth-order valence-electron chi connectivity index (χ4n) is 1.50. The van der Waals surface area contributed by atoms with Crippen molar-refractivity contribution in [2.24, 2.45) is 0 Å². The van der Waals surface area contributed by atoms with Crippen LogP contribution >= 0.6 is 0 Å². The van der Waals surface area contributed by atoms with Gasteiger partial charge in [-0.05, 0) is 24.6 Å². The average molecular weight is 316 g/mol. The molecule has 21 heavy (non-hydrogen) atoms. The fraction of sp³-hybridized carbons (Fsp3) is 0.417. The number of rotatable bonds is 4. The molecule has 0 amide bonds. The summed E-state index contributed by atoms with van der Waals surface area (Å²) in [5.41, 5.74) is -1.74. The molecule has 0 N–H and O–H groups in total. The Bertz CT molecular complexity index is 507. The number of alkyl halides is 6. The van der Waals surface area contributed by atoms with E-state index in [9.17, 15) is 31.1 Å². The van der Waals surface area contributed by atoms with Gasteiger partial charge in [-0.3, -0.25) is 4.79 Å². The molecular formula is C12H10F6O3. The molecule has 0 atom stereocenters. The minimum atomic E-state index is -5.25. The van der Waals surface area contributed by atoms with E-state index in [1.165, 1.54) is 6.92 Å². The minimum absolute atomic E-state index is 0.0419. The molecule has 1 aromatic carbocycles. The topological polar surface area (TPSA) is 35.5 Å². The summed E-state index contributed by atoms with van der Waals surface area (Å²) in [4.78, 5) is 11.2. The fourth-order valence-corrected chi connectivity index (χ4v) is 1.50. The molecule has 1 rings (SSSR count). The van der Waals surface area contributed by atoms with Crippen LogP contribution in [0.15, 0.2) is 18.2 Å². The van der Waals surface area contributed by atoms with Gasteiger partial charge >= 0.3 is 18.5 Å². The van der Waals surface area contributed by atoms with Crippen molar-refractivity contribution in [2.45, 2.75) is 25.9 Å². The van der Waals surface area contributed by atoms with Gasteiger partial charge in [-0.1, -0.05) is 6.07 Å². The van der Waals surface area contributed by atoms with Gasteiger partial charge in [0.1, 0.15) is 5.75 Å². The Balaban J connectivity index is 3.10. The zero-order valence-corrected chi connectivity index (χ0v) is 10.6. The first-order chi connectivity index (χ1) is 9.53. The second-order valence-corrected chi connectivity index (χ2v) is 3.86. The van der Waals surface area contributed by atoms with Crippen LogP contribution in [-0.2, 0) is 22.1 Å². The number of esters is 1. The highest BCUT2D eigenvalue weighted by Crippen LogP contribution is 2.39. The summed E-state index contributed by atoms with van der Waals surface area (Å²) in [6, 6.07) is 1.89. The number of carbonyl (C=O) groups excluding carboxylic acids is 1. The van der Waals surface area contributed by atoms with E-state index in [2.05, 4.69) is 9.47 Å². The Morgan fingerprint density at radius 3 is 2.24 bits per heavy atom. The van der Waals surface area contributed by atoms with Gasteiger partial charge < -0.3 is 9.47 Å². The zero-order chi connectivity index (χ0) is 16.3. The molecule has 0 saturated carbocycles. The summed E-state index contributed by atoms with van der Waals surface area (Å²) in [7, 11) is 0. The van der Waals surface area contributed by atoms with Crippen LogP contribution < -0.4 is 4.74 Å². The maximum Gasteiger partial charge on any atom is 0.573 e. The summed E-state index contributed by atoms with van der Waals surface area (Å²) in [5.74, 6) is -2.15. The van der Waals surface area contributed by atoms with Gasteiger partial charge in [0.2, 0.25) is 0 Å². The van der Waals surface area contributed by atoms with Gasteiger partial charge in [0.15, 0.2) is 0 Å². The van der Waals surface area contributed by atoms with Gasteiger partial charge in [-0.25, -0.2) is 0 Å². The van der Waals surface area contributed by atoms with Crippen LogP contribution in [0.5, 0.6) is 5.75 Å². The number of carbonyl (C=O) groups is 1. The van der Waals surface area contributed by atoms with Gasteiger partial charge in [-0.2, -0.15) is 13.2 Å². The predicted octanol–water partition coefficient (Wildman–Crippen LogP) is 3.71. The molecule has 0 fully saturated rings. The molecule has 118 valence electrons. The summed E-state index contributed by atoms with van der Waals surface area (Å²) in [6.45, 7) is 1.56. The first-order valence-corrected chi connectivity index (χ1v) is 5.64. The predicted molar refractivity (Wildman–Crippen MR) is 58.5 cm³/mol. The number of benzene rings is 1. The molecule has 0 aromatic heterocycles. The lowest BCUT2D eigenvalue weighted by Gasteiger charge is -2.16. The average Bonchev–Trinajstić information content (AvgIpc) is 2.28. The van der Waals surface area contributed by atoms with Crippen LogP contribution in [0, 0.1) is 0 Å². The lowest BCUT2D eigenvalue weighted by molar-refractivity contribution is -0.276. The number of hydrogen-bond acceptors (Lipinski definition) is 3. The van der Waals surface area contributed by atoms with Gasteiger partial charge in [0.05, 0.1) is 18.6 Å². The molecule has 0 heterocycles. The molecule has 3 nitrogen and oxygen atoms in total. The normalized spacial score (nSPS) is 12.1. The summed E-state index contributed by atoms with van der Waals surface area (Å²) < 4.78 is 82.2. The van der Waals surface area contributed by atoms with E-state index >= 15 is 0 Å². The van der Waals surface area contributed by atoms with E-state index in [0.29, 0.717) is 12.1 Å². The Hall–Kier alpha value is -1.93. The van der Waals surface area contributed by atoms with E-state index in [1.54, 1.807) is 0 Å². The van der Waals surface area contributed by atoms with Crippen molar-refractivity contribution in [3.63, 3.8) is 0 Å². The van der Waals surface area contributed by atoms with Crippen molar-refractivity contribution in [2.75, 3.05) is 6.61 Å². The molecule has 9 heteroatoms. The van der Waals surface area contributed by atoms with E-state index in [0.717, 1.165) is 6.07 Å². The summed E-state index contributed by atoms with van der Waals surface area (Å²) in [6.07, 6.45) is -10.8. The van der Waals surface area contributed by atoms with Crippen molar-refractivity contribution in [3.05, 3.63) is 29.3 Å². The standard InChI is InChI=1S/C12H10F6O3/c1-2-20-10(19)6-7-3-4-9(21-12(16,17)18)8(5-7)11(13,14)15/h3-5H,2,6H2,1H3. The Kier molecular flexibility index (Phi) is 5.08. The number of ether oxygens (including phenoxy) is 2. The smallest absolute Gasteiger partial charge is 0.466 e. The van der Waals surface area contributed by atoms with E-state index < -0.39 is 36.2 Å². The number of hydrogen-bond donors (Lipinski definition) is 0. The maximum atomic E-state index is 12.7. The SMILES string of the molecule is CCOC(=O)Cc1ccc(OC(F)(F)F)c(C(F)(F)F)c1. The second kappa shape index (κ2) is 6.23. The quantitative estimate of drug-likeness (QED) is 0.627. The Morgan fingerprint density at radius 2 is 1.76 bits per heavy atom. The van der Waals surface area contributed by atoms with Crippen LogP contribution in [0.2, 0.25) is 0 Å². The lowest BCUT2D eigenvalue weighted by Crippen LogP contribution is -2.20. The first-order valence-electron chi connectivity index (χ1n) is 5.64. The van der Waals surface area contributed by atoms with Crippen LogP contribution in [0.3, 0.4) is 0 Å². The molecule has 0 unspecified atom stereocenters. The highest BCUT2D eigenvalue weighted by Gasteiger charge is 2.39. The molecule has 0 aliphatic heterocycles. The van der Waals surface area contributed by atoms with Crippen molar-refractivity contribution < 1.29 is 40.6 Å².